The van der Waals surface area contributed by atoms with E-state index in [4.69, 9.17) is 0 Å². The Morgan fingerprint density at radius 3 is 0.950 bits per heavy atom. The minimum Gasteiger partial charge on any atom is -0.309 e. The summed E-state index contributed by atoms with van der Waals surface area (Å²) in [4.78, 5) is 0. The van der Waals surface area contributed by atoms with Crippen molar-refractivity contribution in [2.45, 2.75) is 0 Å². The van der Waals surface area contributed by atoms with E-state index in [0.717, 1.165) is 67.2 Å². The molecule has 4 aromatic heterocycles. The van der Waals surface area contributed by atoms with Gasteiger partial charge in [-0.2, -0.15) is 0 Å². The van der Waals surface area contributed by atoms with Gasteiger partial charge in [0.05, 0.1) is 44.1 Å². The summed E-state index contributed by atoms with van der Waals surface area (Å²) in [6, 6.07) is 139. The third-order valence-corrected chi connectivity index (χ3v) is 20.7. The van der Waals surface area contributed by atoms with Crippen molar-refractivity contribution in [3.8, 4) is 101 Å². The first-order chi connectivity index (χ1) is 49.6. The monoisotopic (exact) mass is 1270 g/mol. The fourth-order valence-electron chi connectivity index (χ4n) is 16.3. The van der Waals surface area contributed by atoms with E-state index < -0.39 is 0 Å². The SMILES string of the molecule is c1ccc(-c2ccc(-n3c4ccccc4c4c(-c5cccc6c5c5ccccc5n6-c5cc(-c6ccccc6)cc(-c6cccc(-c7ccc(-n8c9ccccc9c9cccc(-c%10cccc%11c%12ccccc%12n(-c%12cccc(-c%13ccccc%13)c%12)c%10%11)c98)cc7)c6)c5)cccc43)cc2)cc1. The van der Waals surface area contributed by atoms with E-state index in [0.29, 0.717) is 0 Å². The van der Waals surface area contributed by atoms with E-state index in [1.165, 1.54) is 121 Å². The third kappa shape index (κ3) is 9.15. The zero-order chi connectivity index (χ0) is 65.8. The molecular formula is C96H62N4. The minimum absolute atomic E-state index is 1.10. The van der Waals surface area contributed by atoms with Gasteiger partial charge in [-0.15, -0.1) is 0 Å². The zero-order valence-electron chi connectivity index (χ0n) is 54.6. The van der Waals surface area contributed by atoms with E-state index in [-0.39, 0.29) is 0 Å². The molecule has 4 heteroatoms. The lowest BCUT2D eigenvalue weighted by Gasteiger charge is -2.16. The lowest BCUT2D eigenvalue weighted by atomic mass is 9.95. The van der Waals surface area contributed by atoms with Gasteiger partial charge in [0.15, 0.2) is 0 Å². The summed E-state index contributed by atoms with van der Waals surface area (Å²) < 4.78 is 9.90. The number of para-hydroxylation sites is 6. The first-order valence-corrected chi connectivity index (χ1v) is 34.5. The minimum atomic E-state index is 1.10. The van der Waals surface area contributed by atoms with Gasteiger partial charge < -0.3 is 18.3 Å². The van der Waals surface area contributed by atoms with Crippen molar-refractivity contribution in [1.29, 1.82) is 0 Å². The predicted octanol–water partition coefficient (Wildman–Crippen LogP) is 25.7. The highest BCUT2D eigenvalue weighted by Crippen LogP contribution is 2.48. The van der Waals surface area contributed by atoms with Crippen LogP contribution in [0.15, 0.2) is 376 Å². The third-order valence-electron chi connectivity index (χ3n) is 20.7. The average molecular weight is 1270 g/mol. The second-order valence-electron chi connectivity index (χ2n) is 26.3. The molecule has 0 bridgehead atoms. The van der Waals surface area contributed by atoms with Crippen molar-refractivity contribution >= 4 is 87.2 Å². The van der Waals surface area contributed by atoms with Crippen molar-refractivity contribution in [2.75, 3.05) is 0 Å². The Kier molecular flexibility index (Phi) is 13.2. The van der Waals surface area contributed by atoms with Gasteiger partial charge in [0.25, 0.3) is 0 Å². The number of hydrogen-bond acceptors (Lipinski definition) is 0. The van der Waals surface area contributed by atoms with Crippen LogP contribution < -0.4 is 0 Å². The maximum absolute atomic E-state index is 2.50. The molecule has 20 aromatic rings. The lowest BCUT2D eigenvalue weighted by molar-refractivity contribution is 1.17. The van der Waals surface area contributed by atoms with Crippen molar-refractivity contribution in [2.24, 2.45) is 0 Å². The summed E-state index contributed by atoms with van der Waals surface area (Å²) in [5.74, 6) is 0. The zero-order valence-corrected chi connectivity index (χ0v) is 54.6. The number of fused-ring (bicyclic) bond motifs is 12. The second kappa shape index (κ2) is 23.2. The largest absolute Gasteiger partial charge is 0.309 e. The Morgan fingerprint density at radius 1 is 0.140 bits per heavy atom. The van der Waals surface area contributed by atoms with Crippen LogP contribution in [0.3, 0.4) is 0 Å². The van der Waals surface area contributed by atoms with Gasteiger partial charge >= 0.3 is 0 Å². The second-order valence-corrected chi connectivity index (χ2v) is 26.3. The van der Waals surface area contributed by atoms with E-state index in [2.05, 4.69) is 394 Å². The van der Waals surface area contributed by atoms with Crippen LogP contribution in [0.4, 0.5) is 0 Å². The first-order valence-electron chi connectivity index (χ1n) is 34.5. The van der Waals surface area contributed by atoms with E-state index >= 15 is 0 Å². The van der Waals surface area contributed by atoms with Crippen LogP contribution in [0.1, 0.15) is 0 Å². The Balaban J connectivity index is 0.703. The van der Waals surface area contributed by atoms with Gasteiger partial charge in [-0.25, -0.2) is 0 Å². The van der Waals surface area contributed by atoms with Gasteiger partial charge in [0, 0.05) is 77.0 Å². The van der Waals surface area contributed by atoms with Crippen LogP contribution in [0.5, 0.6) is 0 Å². The highest BCUT2D eigenvalue weighted by molar-refractivity contribution is 6.23. The fourth-order valence-corrected chi connectivity index (χ4v) is 16.3. The van der Waals surface area contributed by atoms with E-state index in [9.17, 15) is 0 Å². The molecule has 100 heavy (non-hydrogen) atoms. The summed E-state index contributed by atoms with van der Waals surface area (Å²) >= 11 is 0. The number of benzene rings is 16. The molecule has 0 saturated heterocycles. The summed E-state index contributed by atoms with van der Waals surface area (Å²) in [5.41, 5.74) is 30.3. The van der Waals surface area contributed by atoms with Crippen LogP contribution >= 0.6 is 0 Å². The number of hydrogen-bond donors (Lipinski definition) is 0. The molecule has 466 valence electrons. The molecule has 0 aliphatic rings. The van der Waals surface area contributed by atoms with Crippen LogP contribution in [0, 0.1) is 0 Å². The molecule has 4 nitrogen and oxygen atoms in total. The van der Waals surface area contributed by atoms with Gasteiger partial charge in [-0.05, 0) is 164 Å². The fraction of sp³-hybridized carbons (Fsp3) is 0. The Labute approximate surface area is 578 Å². The molecule has 0 spiro atoms. The molecule has 0 radical (unpaired) electrons. The highest BCUT2D eigenvalue weighted by atomic mass is 15.0. The molecule has 4 heterocycles. The van der Waals surface area contributed by atoms with Crippen LogP contribution in [-0.2, 0) is 0 Å². The van der Waals surface area contributed by atoms with Gasteiger partial charge in [0.2, 0.25) is 0 Å². The standard InChI is InChI=1S/C96H62N4/c1-4-24-63(25-5-1)66-50-54-73(55-51-66)97-89-46-16-12-36-85(89)93-79(38-22-48-91(93)97)80-39-23-49-92-94(80)86-37-13-17-47-90(86)98(92)76-61-71(65-28-8-3-9-29-65)59-72(62-76)69-31-18-30-68(58-69)67-52-56-74(57-53-67)99-87-44-14-10-34-77(87)81-40-20-42-83(95(81)99)84-43-21-41-82-78-35-11-15-45-88(78)100(96(82)84)75-33-19-32-70(60-75)64-26-6-2-7-27-64/h1-62H. The highest BCUT2D eigenvalue weighted by Gasteiger charge is 2.25. The molecular weight excluding hydrogens is 1210 g/mol. The topological polar surface area (TPSA) is 19.7 Å². The summed E-state index contributed by atoms with van der Waals surface area (Å²) in [6.45, 7) is 0. The summed E-state index contributed by atoms with van der Waals surface area (Å²) in [5, 5.41) is 9.79. The molecule has 0 amide bonds. The summed E-state index contributed by atoms with van der Waals surface area (Å²) in [6.07, 6.45) is 0. The molecule has 0 unspecified atom stereocenters. The van der Waals surface area contributed by atoms with Crippen molar-refractivity contribution in [3.63, 3.8) is 0 Å². The lowest BCUT2D eigenvalue weighted by Crippen LogP contribution is -1.98. The first kappa shape index (κ1) is 57.0. The van der Waals surface area contributed by atoms with Crippen LogP contribution in [0.2, 0.25) is 0 Å². The van der Waals surface area contributed by atoms with Crippen LogP contribution in [-0.4, -0.2) is 18.3 Å². The van der Waals surface area contributed by atoms with E-state index in [1.807, 2.05) is 0 Å². The summed E-state index contributed by atoms with van der Waals surface area (Å²) in [7, 11) is 0. The molecule has 0 saturated carbocycles. The quantitative estimate of drug-likeness (QED) is 0.123. The maximum Gasteiger partial charge on any atom is 0.0620 e. The van der Waals surface area contributed by atoms with E-state index in [1.54, 1.807) is 0 Å². The molecule has 0 aliphatic carbocycles. The molecule has 0 N–H and O–H groups in total. The number of aromatic nitrogens is 4. The van der Waals surface area contributed by atoms with Crippen molar-refractivity contribution in [1.82, 2.24) is 18.3 Å². The predicted molar refractivity (Wildman–Crippen MR) is 422 cm³/mol. The molecule has 16 aromatic carbocycles. The van der Waals surface area contributed by atoms with Crippen molar-refractivity contribution in [3.05, 3.63) is 376 Å². The number of rotatable bonds is 11. The molecule has 0 fully saturated rings. The molecule has 0 aliphatic heterocycles. The Hall–Kier alpha value is -13.3. The molecule has 0 atom stereocenters. The van der Waals surface area contributed by atoms with Gasteiger partial charge in [0.1, 0.15) is 0 Å². The smallest absolute Gasteiger partial charge is 0.0620 e. The number of nitrogens with zero attached hydrogens (tertiary/aromatic N) is 4. The average Bonchev–Trinajstić information content (AvgIpc) is 1.57. The molecule has 20 rings (SSSR count). The maximum atomic E-state index is 2.50. The normalized spacial score (nSPS) is 11.8. The van der Waals surface area contributed by atoms with Gasteiger partial charge in [-0.3, -0.25) is 0 Å². The van der Waals surface area contributed by atoms with Crippen molar-refractivity contribution < 1.29 is 0 Å². The van der Waals surface area contributed by atoms with Gasteiger partial charge in [-0.1, -0.05) is 279 Å². The Bertz CT molecular complexity index is 6600. The Morgan fingerprint density at radius 2 is 0.430 bits per heavy atom. The van der Waals surface area contributed by atoms with Crippen LogP contribution in [0.25, 0.3) is 188 Å².